The van der Waals surface area contributed by atoms with Crippen LogP contribution in [0.1, 0.15) is 199 Å². The van der Waals surface area contributed by atoms with Crippen molar-refractivity contribution >= 4 is 0 Å². The van der Waals surface area contributed by atoms with Gasteiger partial charge in [-0.2, -0.15) is 0 Å². The van der Waals surface area contributed by atoms with Crippen LogP contribution in [0.2, 0.25) is 0 Å². The lowest BCUT2D eigenvalue weighted by atomic mass is 9.90. The Hall–Kier alpha value is -12.1. The monoisotopic (exact) mass is 1630 g/mol. The second kappa shape index (κ2) is 31.9. The summed E-state index contributed by atoms with van der Waals surface area (Å²) in [6, 6.07) is 69.4. The summed E-state index contributed by atoms with van der Waals surface area (Å²) in [5.41, 5.74) is 72.8. The Morgan fingerprint density at radius 3 is 0.992 bits per heavy atom. The van der Waals surface area contributed by atoms with E-state index in [1.54, 1.807) is 27.8 Å². The Balaban J connectivity index is 0.0000000956. The van der Waals surface area contributed by atoms with Crippen molar-refractivity contribution in [1.29, 1.82) is 0 Å². The zero-order valence-electron chi connectivity index (χ0n) is 76.6. The van der Waals surface area contributed by atoms with Gasteiger partial charge in [0, 0.05) is 58.1 Å². The molecule has 620 valence electrons. The van der Waals surface area contributed by atoms with Crippen LogP contribution in [0.15, 0.2) is 213 Å². The number of nitrogens with zero attached hydrogens (tertiary/aromatic N) is 5. The molecule has 0 radical (unpaired) electrons. The first-order valence-electron chi connectivity index (χ1n) is 46.8. The average molecular weight is 1630 g/mol. The van der Waals surface area contributed by atoms with Crippen molar-refractivity contribution in [1.82, 2.24) is 0 Å². The predicted molar refractivity (Wildman–Crippen MR) is 514 cm³/mol. The van der Waals surface area contributed by atoms with Gasteiger partial charge in [-0.05, 0) is 381 Å². The van der Waals surface area contributed by atoms with E-state index in [9.17, 15) is 0 Å². The standard InChI is InChI=1S/5C24H24N/c1-15-6-4-9-19-20-11-10-16(2)24(22(20)13-21(15)19)23-12-17-7-5-8-18(17)14-25(23)3;1-15-6-4-8-18-12-21-20(23(15)18)11-10-16(2)24(21)22-13-17-7-5-9-19(17)14-25(22)3;1-15-11-16(2)24(21-12-18-7-4-5-10-20(18)23(15)21)22-13-17-8-6-9-19(17)14-25(22)3;1-15-7-9-18-12-22-20(21(18)11-15)10-8-16(2)24(22)23-13-17-5-4-6-19(17)14-25(23)3;1-15-7-9-20-19(11-15)12-22-21(20)10-8-16(2)24(22)23-13-17-5-4-6-18(17)14-25(23)3/h4,6,9-12,14H,5,7-8,13H2,1-3H3;4,6,8,10-11,13-14H,5,7,9,12H2,1-3H3;4-5,7,10-11,13-14H,6,8-9,12H2,1-3H3;2*7-11,13-14H,4-6,12H2,1-3H3/q5*+1. The number of hydrogen-bond acceptors (Lipinski definition) is 0. The summed E-state index contributed by atoms with van der Waals surface area (Å²) in [5.74, 6) is 0. The van der Waals surface area contributed by atoms with Gasteiger partial charge in [0.2, 0.25) is 28.5 Å². The minimum absolute atomic E-state index is 1.05. The Bertz CT molecular complexity index is 7080. The highest BCUT2D eigenvalue weighted by Gasteiger charge is 2.36. The van der Waals surface area contributed by atoms with Gasteiger partial charge >= 0.3 is 0 Å². The number of aryl methyl sites for hydroxylation is 25. The Labute approximate surface area is 742 Å². The number of benzene rings is 10. The maximum absolute atomic E-state index is 2.46. The first kappa shape index (κ1) is 80.1. The summed E-state index contributed by atoms with van der Waals surface area (Å²) < 4.78 is 11.7. The van der Waals surface area contributed by atoms with E-state index in [0.29, 0.717) is 0 Å². The van der Waals surface area contributed by atoms with Gasteiger partial charge < -0.3 is 0 Å². The van der Waals surface area contributed by atoms with Crippen molar-refractivity contribution in [3.8, 4) is 112 Å². The van der Waals surface area contributed by atoms with Gasteiger partial charge in [-0.1, -0.05) is 163 Å². The zero-order chi connectivity index (χ0) is 85.6. The van der Waals surface area contributed by atoms with Crippen LogP contribution >= 0.6 is 0 Å². The smallest absolute Gasteiger partial charge is 0.201 e. The molecule has 0 atom stereocenters. The van der Waals surface area contributed by atoms with Crippen molar-refractivity contribution in [2.75, 3.05) is 0 Å². The van der Waals surface area contributed by atoms with Crippen LogP contribution in [0.5, 0.6) is 0 Å². The first-order valence-corrected chi connectivity index (χ1v) is 46.8. The average Bonchev–Trinajstić information content (AvgIpc) is 1.62. The third-order valence-corrected chi connectivity index (χ3v) is 30.5. The fourth-order valence-electron chi connectivity index (χ4n) is 24.3. The largest absolute Gasteiger partial charge is 0.213 e. The summed E-state index contributed by atoms with van der Waals surface area (Å²) in [6.07, 6.45) is 36.0. The van der Waals surface area contributed by atoms with Crippen LogP contribution in [-0.4, -0.2) is 0 Å². The topological polar surface area (TPSA) is 19.4 Å². The number of hydrogen-bond donors (Lipinski definition) is 0. The minimum Gasteiger partial charge on any atom is -0.201 e. The first-order chi connectivity index (χ1) is 60.6. The van der Waals surface area contributed by atoms with Gasteiger partial charge in [0.25, 0.3) is 0 Å². The molecule has 125 heavy (non-hydrogen) atoms. The lowest BCUT2D eigenvalue weighted by Crippen LogP contribution is -2.32. The van der Waals surface area contributed by atoms with E-state index in [1.807, 2.05) is 0 Å². The maximum atomic E-state index is 2.46. The number of pyridine rings is 5. The molecule has 10 aromatic carbocycles. The van der Waals surface area contributed by atoms with Crippen LogP contribution in [0.3, 0.4) is 0 Å². The Kier molecular flexibility index (Phi) is 20.4. The highest BCUT2D eigenvalue weighted by molar-refractivity contribution is 5.91. The predicted octanol–water partition coefficient (Wildman–Crippen LogP) is 24.3. The molecule has 0 bridgehead atoms. The molecule has 0 saturated carbocycles. The van der Waals surface area contributed by atoms with Crippen LogP contribution in [-0.2, 0) is 132 Å². The highest BCUT2D eigenvalue weighted by Crippen LogP contribution is 2.51. The zero-order valence-corrected chi connectivity index (χ0v) is 76.6. The normalized spacial score (nSPS) is 14.4. The number of aromatic nitrogens is 5. The van der Waals surface area contributed by atoms with E-state index >= 15 is 0 Å². The van der Waals surface area contributed by atoms with Gasteiger partial charge in [-0.25, -0.2) is 22.8 Å². The molecule has 10 aliphatic rings. The number of rotatable bonds is 5. The lowest BCUT2D eigenvalue weighted by Gasteiger charge is -2.14. The van der Waals surface area contributed by atoms with Crippen molar-refractivity contribution < 1.29 is 22.8 Å². The fourth-order valence-corrected chi connectivity index (χ4v) is 24.3. The van der Waals surface area contributed by atoms with E-state index in [0.717, 1.165) is 32.1 Å². The summed E-state index contributed by atoms with van der Waals surface area (Å²) in [4.78, 5) is 0. The molecule has 5 heterocycles. The van der Waals surface area contributed by atoms with Gasteiger partial charge in [0.1, 0.15) is 35.2 Å². The van der Waals surface area contributed by atoms with Crippen molar-refractivity contribution in [2.24, 2.45) is 35.2 Å². The molecule has 0 fully saturated rings. The highest BCUT2D eigenvalue weighted by atomic mass is 14.9. The Morgan fingerprint density at radius 1 is 0.176 bits per heavy atom. The second-order valence-electron chi connectivity index (χ2n) is 38.8. The molecule has 5 nitrogen and oxygen atoms in total. The molecule has 0 N–H and O–H groups in total. The molecule has 10 aliphatic carbocycles. The van der Waals surface area contributed by atoms with E-state index in [4.69, 9.17) is 0 Å². The maximum Gasteiger partial charge on any atom is 0.213 e. The van der Waals surface area contributed by atoms with Crippen LogP contribution in [0.25, 0.3) is 112 Å². The SMILES string of the molecule is Cc1cc(C)c(-c2cc3c(c[n+]2C)CCC3)c2c1-c1ccccc1C2.Cc1ccc2c(c1)-c1ccc(C)c(-c3cc4c(c[n+]3C)CCC4)c1C2.Cc1ccc2c(c1)Cc1c-2ccc(C)c1-c1cc2c(c[n+]1C)CCC2.Cc1cccc2c1-c1ccc(C)c(-c3cc4c(c[n+]3C)CCC4)c1C2.Cc1cccc2c1Cc1c-2ccc(C)c1-c1cc2c(c[n+]1C)CCC2. The summed E-state index contributed by atoms with van der Waals surface area (Å²) in [6.45, 7) is 22.4. The quantitative estimate of drug-likeness (QED) is 0.153. The molecule has 0 aliphatic heterocycles. The number of fused-ring (bicyclic) bond motifs is 20. The second-order valence-corrected chi connectivity index (χ2v) is 38.8. The summed E-state index contributed by atoms with van der Waals surface area (Å²) >= 11 is 0. The third kappa shape index (κ3) is 14.0. The Morgan fingerprint density at radius 2 is 0.496 bits per heavy atom. The van der Waals surface area contributed by atoms with Crippen LogP contribution in [0.4, 0.5) is 0 Å². The van der Waals surface area contributed by atoms with E-state index in [1.165, 1.54) is 347 Å². The summed E-state index contributed by atoms with van der Waals surface area (Å²) in [7, 11) is 11.0. The molecule has 25 rings (SSSR count). The van der Waals surface area contributed by atoms with Gasteiger partial charge in [0.15, 0.2) is 31.0 Å². The third-order valence-electron chi connectivity index (χ3n) is 30.5. The van der Waals surface area contributed by atoms with Crippen molar-refractivity contribution in [3.63, 3.8) is 0 Å². The van der Waals surface area contributed by atoms with Gasteiger partial charge in [-0.15, -0.1) is 0 Å². The molecule has 5 aromatic heterocycles. The van der Waals surface area contributed by atoms with Crippen molar-refractivity contribution in [3.05, 3.63) is 380 Å². The van der Waals surface area contributed by atoms with Crippen LogP contribution in [0, 0.1) is 69.2 Å². The molecule has 15 aromatic rings. The molecule has 0 unspecified atom stereocenters. The van der Waals surface area contributed by atoms with E-state index < -0.39 is 0 Å². The van der Waals surface area contributed by atoms with E-state index in [2.05, 4.69) is 340 Å². The molecule has 0 saturated heterocycles. The van der Waals surface area contributed by atoms with E-state index in [-0.39, 0.29) is 0 Å². The molecular formula is C120H120N5+5. The van der Waals surface area contributed by atoms with Gasteiger partial charge in [-0.3, -0.25) is 0 Å². The lowest BCUT2D eigenvalue weighted by molar-refractivity contribution is -0.661. The summed E-state index contributed by atoms with van der Waals surface area (Å²) in [5, 5.41) is 0. The van der Waals surface area contributed by atoms with Crippen molar-refractivity contribution in [2.45, 2.75) is 198 Å². The fraction of sp³-hybridized carbons (Fsp3) is 0.292. The molecule has 0 spiro atoms. The molecule has 5 heteroatoms. The minimum atomic E-state index is 1.05. The van der Waals surface area contributed by atoms with Gasteiger partial charge in [0.05, 0.1) is 27.8 Å². The van der Waals surface area contributed by atoms with Crippen LogP contribution < -0.4 is 22.8 Å². The molecular weight excluding hydrogens is 1510 g/mol. The molecule has 0 amide bonds.